The van der Waals surface area contributed by atoms with Crippen LogP contribution in [0.3, 0.4) is 0 Å². The van der Waals surface area contributed by atoms with Gasteiger partial charge < -0.3 is 20.3 Å². The van der Waals surface area contributed by atoms with E-state index < -0.39 is 18.1 Å². The molecule has 0 aliphatic heterocycles. The molecule has 0 fully saturated rings. The van der Waals surface area contributed by atoms with Gasteiger partial charge in [0.25, 0.3) is 0 Å². The van der Waals surface area contributed by atoms with E-state index >= 15 is 0 Å². The lowest BCUT2D eigenvalue weighted by Gasteiger charge is -2.16. The van der Waals surface area contributed by atoms with E-state index in [0.29, 0.717) is 0 Å². The summed E-state index contributed by atoms with van der Waals surface area (Å²) >= 11 is 0. The van der Waals surface area contributed by atoms with Crippen LogP contribution in [-0.2, 0) is 14.3 Å². The van der Waals surface area contributed by atoms with Crippen molar-refractivity contribution in [2.45, 2.75) is 12.2 Å². The van der Waals surface area contributed by atoms with Gasteiger partial charge in [-0.05, 0) is 0 Å². The van der Waals surface area contributed by atoms with Crippen LogP contribution in [0.5, 0.6) is 0 Å². The molecule has 2 unspecified atom stereocenters. The Kier molecular flexibility index (Phi) is 4.76. The number of methoxy groups -OCH3 is 2. The molecule has 5 heteroatoms. The summed E-state index contributed by atoms with van der Waals surface area (Å²) in [7, 11) is 2.71. The van der Waals surface area contributed by atoms with E-state index in [1.165, 1.54) is 14.2 Å². The number of ether oxygens (including phenoxy) is 2. The number of nitrogens with two attached hydrogens (primary N) is 1. The van der Waals surface area contributed by atoms with E-state index in [-0.39, 0.29) is 6.61 Å². The Hall–Kier alpha value is -0.650. The fourth-order valence-electron chi connectivity index (χ4n) is 0.721. The molecular weight excluding hydrogens is 150 g/mol. The third-order valence-corrected chi connectivity index (χ3v) is 1.22. The molecule has 1 amide bonds. The molecule has 5 nitrogen and oxygen atoms in total. The number of primary amides is 1. The van der Waals surface area contributed by atoms with Gasteiger partial charge in [0.15, 0.2) is 6.10 Å². The molecular formula is C6H13NO4. The normalized spacial score (nSPS) is 15.9. The number of aliphatic hydroxyl groups is 1. The number of carbonyl (C=O) groups is 1. The van der Waals surface area contributed by atoms with Crippen LogP contribution in [0.1, 0.15) is 0 Å². The van der Waals surface area contributed by atoms with Crippen molar-refractivity contribution >= 4 is 5.91 Å². The predicted octanol–water partition coefficient (Wildman–Crippen LogP) is -1.51. The first-order valence-corrected chi connectivity index (χ1v) is 3.12. The molecule has 0 spiro atoms. The van der Waals surface area contributed by atoms with Gasteiger partial charge in [-0.25, -0.2) is 0 Å². The maximum absolute atomic E-state index is 10.5. The second-order valence-corrected chi connectivity index (χ2v) is 2.08. The first-order valence-electron chi connectivity index (χ1n) is 3.12. The van der Waals surface area contributed by atoms with Gasteiger partial charge in [-0.2, -0.15) is 0 Å². The molecule has 0 aromatic carbocycles. The summed E-state index contributed by atoms with van der Waals surface area (Å²) in [6.45, 7) is 0.0292. The fraction of sp³-hybridized carbons (Fsp3) is 0.833. The van der Waals surface area contributed by atoms with E-state index in [4.69, 9.17) is 10.8 Å². The van der Waals surface area contributed by atoms with Crippen molar-refractivity contribution < 1.29 is 19.4 Å². The lowest BCUT2D eigenvalue weighted by atomic mass is 10.2. The average molecular weight is 163 g/mol. The molecule has 0 saturated carbocycles. The van der Waals surface area contributed by atoms with E-state index in [1.807, 2.05) is 0 Å². The molecule has 2 atom stereocenters. The van der Waals surface area contributed by atoms with Crippen molar-refractivity contribution in [3.63, 3.8) is 0 Å². The van der Waals surface area contributed by atoms with Gasteiger partial charge in [0.05, 0.1) is 6.61 Å². The molecule has 0 bridgehead atoms. The van der Waals surface area contributed by atoms with Crippen molar-refractivity contribution in [2.75, 3.05) is 20.8 Å². The standard InChI is InChI=1S/C6H13NO4/c1-10-3-4(8)5(11-2)6(7)9/h4-5,8H,3H2,1-2H3,(H2,7,9). The molecule has 0 aliphatic carbocycles. The van der Waals surface area contributed by atoms with Gasteiger partial charge in [0.2, 0.25) is 5.91 Å². The van der Waals surface area contributed by atoms with E-state index in [2.05, 4.69) is 9.47 Å². The van der Waals surface area contributed by atoms with Crippen LogP contribution >= 0.6 is 0 Å². The van der Waals surface area contributed by atoms with Gasteiger partial charge in [0.1, 0.15) is 6.10 Å². The maximum atomic E-state index is 10.5. The zero-order chi connectivity index (χ0) is 8.85. The third kappa shape index (κ3) is 3.31. The smallest absolute Gasteiger partial charge is 0.249 e. The Labute approximate surface area is 65.1 Å². The topological polar surface area (TPSA) is 81.8 Å². The Balaban J connectivity index is 3.91. The van der Waals surface area contributed by atoms with Crippen LogP contribution < -0.4 is 5.73 Å². The monoisotopic (exact) mass is 163 g/mol. The highest BCUT2D eigenvalue weighted by molar-refractivity contribution is 5.79. The third-order valence-electron chi connectivity index (χ3n) is 1.22. The first-order chi connectivity index (χ1) is 5.13. The molecule has 0 radical (unpaired) electrons. The van der Waals surface area contributed by atoms with Crippen molar-refractivity contribution in [2.24, 2.45) is 5.73 Å². The summed E-state index contributed by atoms with van der Waals surface area (Å²) in [4.78, 5) is 10.5. The molecule has 11 heavy (non-hydrogen) atoms. The predicted molar refractivity (Wildman–Crippen MR) is 37.9 cm³/mol. The minimum Gasteiger partial charge on any atom is -0.387 e. The second kappa shape index (κ2) is 5.06. The Morgan fingerprint density at radius 2 is 2.18 bits per heavy atom. The van der Waals surface area contributed by atoms with Gasteiger partial charge >= 0.3 is 0 Å². The van der Waals surface area contributed by atoms with Crippen molar-refractivity contribution in [3.8, 4) is 0 Å². The first kappa shape index (κ1) is 10.3. The highest BCUT2D eigenvalue weighted by Gasteiger charge is 2.23. The summed E-state index contributed by atoms with van der Waals surface area (Å²) in [6.07, 6.45) is -1.99. The number of hydrogen-bond donors (Lipinski definition) is 2. The number of hydrogen-bond acceptors (Lipinski definition) is 4. The van der Waals surface area contributed by atoms with E-state index in [9.17, 15) is 4.79 Å². The zero-order valence-electron chi connectivity index (χ0n) is 6.61. The lowest BCUT2D eigenvalue weighted by molar-refractivity contribution is -0.137. The van der Waals surface area contributed by atoms with Gasteiger partial charge in [-0.15, -0.1) is 0 Å². The molecule has 0 saturated heterocycles. The minimum absolute atomic E-state index is 0.0292. The Morgan fingerprint density at radius 1 is 1.64 bits per heavy atom. The average Bonchev–Trinajstić information content (AvgIpc) is 1.88. The molecule has 3 N–H and O–H groups in total. The van der Waals surface area contributed by atoms with Crippen LogP contribution in [0, 0.1) is 0 Å². The summed E-state index contributed by atoms with van der Waals surface area (Å²) in [5.74, 6) is -0.697. The summed E-state index contributed by atoms with van der Waals surface area (Å²) in [5, 5.41) is 9.13. The molecule has 0 aromatic rings. The minimum atomic E-state index is -0.998. The number of carbonyl (C=O) groups excluding carboxylic acids is 1. The lowest BCUT2D eigenvalue weighted by Crippen LogP contribution is -2.42. The van der Waals surface area contributed by atoms with Crippen LogP contribution in [0.15, 0.2) is 0 Å². The van der Waals surface area contributed by atoms with Crippen LogP contribution in [0.2, 0.25) is 0 Å². The Bertz CT molecular complexity index is 128. The van der Waals surface area contributed by atoms with Gasteiger partial charge in [-0.3, -0.25) is 4.79 Å². The number of rotatable bonds is 5. The van der Waals surface area contributed by atoms with Crippen molar-refractivity contribution in [3.05, 3.63) is 0 Å². The quantitative estimate of drug-likeness (QED) is 0.516. The molecule has 0 aliphatic rings. The van der Waals surface area contributed by atoms with Gasteiger partial charge in [-0.1, -0.05) is 0 Å². The second-order valence-electron chi connectivity index (χ2n) is 2.08. The molecule has 66 valence electrons. The van der Waals surface area contributed by atoms with Crippen LogP contribution in [0.25, 0.3) is 0 Å². The fourth-order valence-corrected chi connectivity index (χ4v) is 0.721. The highest BCUT2D eigenvalue weighted by Crippen LogP contribution is 1.97. The van der Waals surface area contributed by atoms with Crippen molar-refractivity contribution in [1.82, 2.24) is 0 Å². The molecule has 0 rings (SSSR count). The van der Waals surface area contributed by atoms with E-state index in [1.54, 1.807) is 0 Å². The van der Waals surface area contributed by atoms with Crippen molar-refractivity contribution in [1.29, 1.82) is 0 Å². The Morgan fingerprint density at radius 3 is 2.45 bits per heavy atom. The molecule has 0 aromatic heterocycles. The highest BCUT2D eigenvalue weighted by atomic mass is 16.5. The summed E-state index contributed by atoms with van der Waals surface area (Å²) < 4.78 is 9.22. The SMILES string of the molecule is COCC(O)C(OC)C(N)=O. The summed E-state index contributed by atoms with van der Waals surface area (Å²) in [5.41, 5.74) is 4.90. The van der Waals surface area contributed by atoms with E-state index in [0.717, 1.165) is 0 Å². The number of aliphatic hydroxyl groups excluding tert-OH is 1. The maximum Gasteiger partial charge on any atom is 0.249 e. The zero-order valence-corrected chi connectivity index (χ0v) is 6.61. The largest absolute Gasteiger partial charge is 0.387 e. The van der Waals surface area contributed by atoms with Gasteiger partial charge in [0, 0.05) is 14.2 Å². The molecule has 0 heterocycles. The number of amides is 1. The van der Waals surface area contributed by atoms with Crippen LogP contribution in [-0.4, -0.2) is 44.0 Å². The summed E-state index contributed by atoms with van der Waals surface area (Å²) in [6, 6.07) is 0. The van der Waals surface area contributed by atoms with Crippen LogP contribution in [0.4, 0.5) is 0 Å².